The van der Waals surface area contributed by atoms with E-state index in [0.717, 1.165) is 49.4 Å². The Morgan fingerprint density at radius 1 is 1.36 bits per heavy atom. The maximum atomic E-state index is 12.7. The lowest BCUT2D eigenvalue weighted by Gasteiger charge is -2.19. The van der Waals surface area contributed by atoms with E-state index in [1.807, 2.05) is 17.2 Å². The Balaban J connectivity index is 1.23. The number of aromatic nitrogens is 1. The van der Waals surface area contributed by atoms with Crippen LogP contribution in [0.25, 0.3) is 11.6 Å². The zero-order chi connectivity index (χ0) is 19.1. The molecule has 1 N–H and O–H groups in total. The quantitative estimate of drug-likeness (QED) is 0.781. The maximum Gasteiger partial charge on any atom is 0.246 e. The Morgan fingerprint density at radius 2 is 2.29 bits per heavy atom. The van der Waals surface area contributed by atoms with Gasteiger partial charge >= 0.3 is 0 Å². The van der Waals surface area contributed by atoms with Crippen LogP contribution < -0.4 is 5.32 Å². The van der Waals surface area contributed by atoms with Gasteiger partial charge in [0.2, 0.25) is 5.91 Å². The molecule has 1 saturated heterocycles. The third-order valence-electron chi connectivity index (χ3n) is 5.99. The van der Waals surface area contributed by atoms with Crippen LogP contribution in [0.4, 0.5) is 5.82 Å². The molecule has 2 aromatic rings. The number of pyridine rings is 1. The van der Waals surface area contributed by atoms with Crippen molar-refractivity contribution in [3.8, 4) is 0 Å². The van der Waals surface area contributed by atoms with Gasteiger partial charge in [-0.05, 0) is 82.3 Å². The highest BCUT2D eigenvalue weighted by atomic mass is 32.1. The van der Waals surface area contributed by atoms with Crippen LogP contribution >= 0.6 is 11.3 Å². The van der Waals surface area contributed by atoms with E-state index in [9.17, 15) is 4.79 Å². The Morgan fingerprint density at radius 3 is 3.11 bits per heavy atom. The highest BCUT2D eigenvalue weighted by Crippen LogP contribution is 2.41. The molecule has 0 saturated carbocycles. The first-order valence-electron chi connectivity index (χ1n) is 9.80. The summed E-state index contributed by atoms with van der Waals surface area (Å²) in [4.78, 5) is 19.1. The molecule has 3 aliphatic rings. The van der Waals surface area contributed by atoms with Crippen LogP contribution in [0.3, 0.4) is 0 Å². The third-order valence-corrected chi connectivity index (χ3v) is 6.67. The molecule has 1 amide bonds. The van der Waals surface area contributed by atoms with E-state index in [1.54, 1.807) is 17.4 Å². The van der Waals surface area contributed by atoms with Gasteiger partial charge in [0.15, 0.2) is 0 Å². The minimum Gasteiger partial charge on any atom is -0.344 e. The predicted octanol–water partition coefficient (Wildman–Crippen LogP) is 4.59. The highest BCUT2D eigenvalue weighted by Gasteiger charge is 2.37. The van der Waals surface area contributed by atoms with Gasteiger partial charge in [-0.1, -0.05) is 12.7 Å². The molecule has 0 radical (unpaired) electrons. The maximum absolute atomic E-state index is 12.7. The predicted molar refractivity (Wildman–Crippen MR) is 115 cm³/mol. The summed E-state index contributed by atoms with van der Waals surface area (Å²) < 4.78 is 0. The lowest BCUT2D eigenvalue weighted by Crippen LogP contribution is -2.27. The van der Waals surface area contributed by atoms with E-state index in [2.05, 4.69) is 45.8 Å². The van der Waals surface area contributed by atoms with E-state index in [4.69, 9.17) is 0 Å². The van der Waals surface area contributed by atoms with Crippen LogP contribution in [0.5, 0.6) is 0 Å². The molecular weight excluding hydrogens is 366 g/mol. The summed E-state index contributed by atoms with van der Waals surface area (Å²) in [5.41, 5.74) is 5.98. The van der Waals surface area contributed by atoms with Gasteiger partial charge in [0.1, 0.15) is 5.82 Å². The summed E-state index contributed by atoms with van der Waals surface area (Å²) in [6.07, 6.45) is 10.7. The molecule has 1 aliphatic carbocycles. The lowest BCUT2D eigenvalue weighted by atomic mass is 9.99. The number of amides is 1. The van der Waals surface area contributed by atoms with Gasteiger partial charge in [-0.25, -0.2) is 4.98 Å². The molecule has 0 aromatic carbocycles. The number of anilines is 1. The number of thiophene rings is 1. The summed E-state index contributed by atoms with van der Waals surface area (Å²) in [5, 5.41) is 7.57. The molecule has 0 bridgehead atoms. The first kappa shape index (κ1) is 17.4. The fourth-order valence-electron chi connectivity index (χ4n) is 4.46. The number of rotatable bonds is 3. The molecule has 5 rings (SSSR count). The van der Waals surface area contributed by atoms with Gasteiger partial charge in [-0.15, -0.1) is 0 Å². The fourth-order valence-corrected chi connectivity index (χ4v) is 5.14. The molecule has 2 unspecified atom stereocenters. The number of carbonyl (C=O) groups is 1. The van der Waals surface area contributed by atoms with Crippen LogP contribution in [0.15, 0.2) is 53.5 Å². The lowest BCUT2D eigenvalue weighted by molar-refractivity contribution is -0.125. The summed E-state index contributed by atoms with van der Waals surface area (Å²) in [6, 6.07) is 4.31. The first-order valence-corrected chi connectivity index (χ1v) is 10.7. The van der Waals surface area contributed by atoms with E-state index in [-0.39, 0.29) is 5.91 Å². The molecule has 4 nitrogen and oxygen atoms in total. The third kappa shape index (κ3) is 3.31. The van der Waals surface area contributed by atoms with Gasteiger partial charge < -0.3 is 10.2 Å². The van der Waals surface area contributed by atoms with Gasteiger partial charge in [-0.3, -0.25) is 4.79 Å². The fraction of sp³-hybridized carbons (Fsp3) is 0.304. The molecular formula is C23H23N3OS. The van der Waals surface area contributed by atoms with E-state index >= 15 is 0 Å². The standard InChI is InChI=1S/C23H23N3OS/c1-15-2-4-17-8-16(11-24-23(17)25-15)3-5-22(27)26-12-20-9-19(10-21(20)13-26)18-6-7-28-14-18/h3,5-9,11,14,20-21H,1-2,4,10,12-13H2,(H,24,25)/b5-3+. The van der Waals surface area contributed by atoms with Gasteiger partial charge in [-0.2, -0.15) is 11.3 Å². The minimum atomic E-state index is 0.101. The van der Waals surface area contributed by atoms with Crippen molar-refractivity contribution in [1.82, 2.24) is 9.88 Å². The number of fused-ring (bicyclic) bond motifs is 2. The summed E-state index contributed by atoms with van der Waals surface area (Å²) in [7, 11) is 0. The van der Waals surface area contributed by atoms with Crippen LogP contribution in [0.2, 0.25) is 0 Å². The minimum absolute atomic E-state index is 0.101. The molecule has 0 spiro atoms. The average Bonchev–Trinajstić information content (AvgIpc) is 3.41. The summed E-state index contributed by atoms with van der Waals surface area (Å²) >= 11 is 1.75. The second-order valence-electron chi connectivity index (χ2n) is 7.91. The molecule has 1 fully saturated rings. The molecule has 2 atom stereocenters. The van der Waals surface area contributed by atoms with Crippen molar-refractivity contribution in [2.45, 2.75) is 19.3 Å². The highest BCUT2D eigenvalue weighted by molar-refractivity contribution is 7.08. The average molecular weight is 390 g/mol. The number of nitrogens with one attached hydrogen (secondary N) is 1. The Hall–Kier alpha value is -2.66. The van der Waals surface area contributed by atoms with Crippen molar-refractivity contribution in [3.05, 3.63) is 70.2 Å². The Kier molecular flexibility index (Phi) is 4.40. The summed E-state index contributed by atoms with van der Waals surface area (Å²) in [5.74, 6) is 2.05. The van der Waals surface area contributed by atoms with Crippen molar-refractivity contribution in [2.24, 2.45) is 11.8 Å². The van der Waals surface area contributed by atoms with Crippen LogP contribution in [0, 0.1) is 11.8 Å². The van der Waals surface area contributed by atoms with Crippen LogP contribution in [-0.2, 0) is 11.2 Å². The van der Waals surface area contributed by atoms with Gasteiger partial charge in [0.05, 0.1) is 0 Å². The first-order chi connectivity index (χ1) is 13.7. The monoisotopic (exact) mass is 389 g/mol. The van der Waals surface area contributed by atoms with Crippen LogP contribution in [-0.4, -0.2) is 28.9 Å². The number of nitrogens with zero attached hydrogens (tertiary/aromatic N) is 2. The second-order valence-corrected chi connectivity index (χ2v) is 8.69. The van der Waals surface area contributed by atoms with E-state index < -0.39 is 0 Å². The van der Waals surface area contributed by atoms with Crippen molar-refractivity contribution >= 4 is 34.7 Å². The van der Waals surface area contributed by atoms with Crippen molar-refractivity contribution in [1.29, 1.82) is 0 Å². The molecule has 2 aromatic heterocycles. The van der Waals surface area contributed by atoms with Crippen molar-refractivity contribution in [3.63, 3.8) is 0 Å². The van der Waals surface area contributed by atoms with Crippen LogP contribution in [0.1, 0.15) is 29.5 Å². The molecule has 2 aliphatic heterocycles. The number of hydrogen-bond donors (Lipinski definition) is 1. The van der Waals surface area contributed by atoms with Crippen molar-refractivity contribution in [2.75, 3.05) is 18.4 Å². The van der Waals surface area contributed by atoms with E-state index in [0.29, 0.717) is 11.8 Å². The van der Waals surface area contributed by atoms with Crippen molar-refractivity contribution < 1.29 is 4.79 Å². The Bertz CT molecular complexity index is 989. The zero-order valence-electron chi connectivity index (χ0n) is 15.7. The zero-order valence-corrected chi connectivity index (χ0v) is 16.5. The number of carbonyl (C=O) groups excluding carboxylic acids is 1. The second kappa shape index (κ2) is 7.06. The molecule has 5 heteroatoms. The number of hydrogen-bond acceptors (Lipinski definition) is 4. The summed E-state index contributed by atoms with van der Waals surface area (Å²) in [6.45, 7) is 5.65. The number of likely N-dealkylation sites (tertiary alicyclic amines) is 1. The van der Waals surface area contributed by atoms with E-state index in [1.165, 1.54) is 16.7 Å². The molecule has 4 heterocycles. The Labute approximate surface area is 169 Å². The topological polar surface area (TPSA) is 45.2 Å². The largest absolute Gasteiger partial charge is 0.344 e. The van der Waals surface area contributed by atoms with Gasteiger partial charge in [0.25, 0.3) is 0 Å². The molecule has 142 valence electrons. The number of aryl methyl sites for hydroxylation is 1. The molecule has 28 heavy (non-hydrogen) atoms. The smallest absolute Gasteiger partial charge is 0.246 e. The normalized spacial score (nSPS) is 23.5. The van der Waals surface area contributed by atoms with Gasteiger partial charge in [0, 0.05) is 31.1 Å². The SMILES string of the molecule is C=C1CCc2cc(/C=C/C(=O)N3CC4C=C(c5ccsc5)CC4C3)cnc2N1. The number of allylic oxidation sites excluding steroid dienone is 2.